The van der Waals surface area contributed by atoms with Crippen LogP contribution in [0.3, 0.4) is 0 Å². The molecule has 3 rings (SSSR count). The molecule has 114 valence electrons. The summed E-state index contributed by atoms with van der Waals surface area (Å²) in [7, 11) is 6.47. The second kappa shape index (κ2) is 7.32. The number of fused-ring (bicyclic) bond motifs is 1. The molecule has 2 heterocycles. The van der Waals surface area contributed by atoms with Crippen LogP contribution in [0.1, 0.15) is 27.3 Å². The van der Waals surface area contributed by atoms with Gasteiger partial charge in [0.1, 0.15) is 0 Å². The fourth-order valence-corrected chi connectivity index (χ4v) is 2.81. The summed E-state index contributed by atoms with van der Waals surface area (Å²) in [6, 6.07) is 9.59. The summed E-state index contributed by atoms with van der Waals surface area (Å²) in [5, 5.41) is 3.34. The molecule has 1 aromatic carbocycles. The first kappa shape index (κ1) is 16.4. The highest BCUT2D eigenvalue weighted by molar-refractivity contribution is 6.05. The van der Waals surface area contributed by atoms with Crippen LogP contribution in [0.25, 0.3) is 0 Å². The van der Waals surface area contributed by atoms with Gasteiger partial charge >= 0.3 is 0 Å². The molecule has 22 heavy (non-hydrogen) atoms. The van der Waals surface area contributed by atoms with Gasteiger partial charge in [0.05, 0.1) is 13.5 Å². The molecular formula is C17H22BN3O. The lowest BCUT2D eigenvalue weighted by Crippen LogP contribution is -2.24. The molecule has 0 unspecified atom stereocenters. The Balaban J connectivity index is 0.000000847. The lowest BCUT2D eigenvalue weighted by Gasteiger charge is -2.14. The minimum atomic E-state index is 0.125. The van der Waals surface area contributed by atoms with Crippen LogP contribution in [0.2, 0.25) is 6.82 Å². The average molecular weight is 295 g/mol. The van der Waals surface area contributed by atoms with Gasteiger partial charge in [0.25, 0.3) is 0 Å². The van der Waals surface area contributed by atoms with E-state index in [1.54, 1.807) is 0 Å². The normalized spacial score (nSPS) is 13.0. The summed E-state index contributed by atoms with van der Waals surface area (Å²) in [5.74, 6) is 0.125. The summed E-state index contributed by atoms with van der Waals surface area (Å²) >= 11 is 0. The number of hydrogen-bond donors (Lipinski definition) is 2. The zero-order chi connectivity index (χ0) is 16.1. The summed E-state index contributed by atoms with van der Waals surface area (Å²) in [4.78, 5) is 12.5. The van der Waals surface area contributed by atoms with Gasteiger partial charge in [-0.2, -0.15) is 0 Å². The van der Waals surface area contributed by atoms with E-state index in [0.717, 1.165) is 30.8 Å². The van der Waals surface area contributed by atoms with Crippen LogP contribution in [-0.4, -0.2) is 24.7 Å². The first-order chi connectivity index (χ1) is 10.7. The van der Waals surface area contributed by atoms with Crippen molar-refractivity contribution in [3.8, 4) is 0 Å². The van der Waals surface area contributed by atoms with Crippen molar-refractivity contribution in [1.29, 1.82) is 0 Å². The highest BCUT2D eigenvalue weighted by Gasteiger charge is 2.20. The van der Waals surface area contributed by atoms with E-state index in [1.807, 2.05) is 41.9 Å². The number of aromatic nitrogens is 1. The molecule has 0 spiro atoms. The van der Waals surface area contributed by atoms with Crippen LogP contribution in [0.15, 0.2) is 30.3 Å². The van der Waals surface area contributed by atoms with Gasteiger partial charge in [-0.1, -0.05) is 25.0 Å². The predicted molar refractivity (Wildman–Crippen MR) is 91.3 cm³/mol. The fourth-order valence-electron chi connectivity index (χ4n) is 2.81. The maximum Gasteiger partial charge on any atom is 0.183 e. The van der Waals surface area contributed by atoms with Gasteiger partial charge in [-0.25, -0.2) is 0 Å². The van der Waals surface area contributed by atoms with Crippen molar-refractivity contribution in [2.75, 3.05) is 12.3 Å². The summed E-state index contributed by atoms with van der Waals surface area (Å²) in [6.07, 6.45) is 1.35. The Morgan fingerprint density at radius 2 is 2.09 bits per heavy atom. The molecule has 4 nitrogen and oxygen atoms in total. The van der Waals surface area contributed by atoms with Gasteiger partial charge in [-0.05, 0) is 36.2 Å². The van der Waals surface area contributed by atoms with Crippen LogP contribution in [-0.2, 0) is 26.4 Å². The van der Waals surface area contributed by atoms with Crippen molar-refractivity contribution in [3.05, 3.63) is 52.8 Å². The van der Waals surface area contributed by atoms with Crippen LogP contribution in [0.4, 0.5) is 5.69 Å². The van der Waals surface area contributed by atoms with Crippen molar-refractivity contribution in [1.82, 2.24) is 9.88 Å². The number of ketones is 1. The Bertz CT molecular complexity index is 664. The van der Waals surface area contributed by atoms with E-state index in [4.69, 9.17) is 5.73 Å². The molecule has 0 amide bonds. The number of rotatable bonds is 3. The van der Waals surface area contributed by atoms with E-state index in [2.05, 4.69) is 13.2 Å². The van der Waals surface area contributed by atoms with E-state index >= 15 is 0 Å². The minimum absolute atomic E-state index is 0.125. The number of benzene rings is 1. The van der Waals surface area contributed by atoms with Gasteiger partial charge in [-0.15, -0.1) is 0 Å². The van der Waals surface area contributed by atoms with Gasteiger partial charge in [0.2, 0.25) is 0 Å². The highest BCUT2D eigenvalue weighted by atomic mass is 16.1. The molecule has 1 aliphatic rings. The molecule has 2 aromatic rings. The third kappa shape index (κ3) is 3.25. The molecule has 2 radical (unpaired) electrons. The average Bonchev–Trinajstić information content (AvgIpc) is 2.89. The lowest BCUT2D eigenvalue weighted by molar-refractivity contribution is 0.0985. The molecule has 0 fully saturated rings. The van der Waals surface area contributed by atoms with Gasteiger partial charge in [-0.3, -0.25) is 4.79 Å². The Kier molecular flexibility index (Phi) is 5.44. The zero-order valence-electron chi connectivity index (χ0n) is 13.2. The van der Waals surface area contributed by atoms with Crippen molar-refractivity contribution in [3.63, 3.8) is 0 Å². The number of carbonyl (C=O) groups is 1. The Morgan fingerprint density at radius 3 is 2.77 bits per heavy atom. The third-order valence-electron chi connectivity index (χ3n) is 4.00. The number of nitrogens with two attached hydrogens (primary N) is 1. The molecule has 3 N–H and O–H groups in total. The molecule has 1 aliphatic heterocycles. The number of Topliss-reactive ketones (excluding diaryl/α,β-unsaturated/α-hetero) is 1. The van der Waals surface area contributed by atoms with Crippen molar-refractivity contribution >= 4 is 19.3 Å². The lowest BCUT2D eigenvalue weighted by atomic mass is 10.0. The first-order valence-electron chi connectivity index (χ1n) is 7.49. The number of nitrogens with zero attached hydrogens (tertiary/aromatic N) is 1. The fraction of sp³-hybridized carbons (Fsp3) is 0.353. The number of para-hydroxylation sites is 1. The van der Waals surface area contributed by atoms with Gasteiger partial charge in [0.15, 0.2) is 5.78 Å². The maximum atomic E-state index is 12.5. The van der Waals surface area contributed by atoms with E-state index in [1.165, 1.54) is 18.1 Å². The standard InChI is InChI=1S/C16H19N3O.CH3B/c1-19-14(8-12-6-7-18-10-15(12)19)16(20)9-11-4-2-3-5-13(11)17;1-2/h2-5,8,18H,6-7,9-10,17H2,1H3;1H3. The second-order valence-electron chi connectivity index (χ2n) is 5.29. The molecule has 0 aliphatic carbocycles. The number of nitrogens with one attached hydrogen (secondary N) is 1. The van der Waals surface area contributed by atoms with Gasteiger partial charge < -0.3 is 15.6 Å². The molecule has 0 saturated heterocycles. The number of anilines is 1. The topological polar surface area (TPSA) is 60.0 Å². The van der Waals surface area contributed by atoms with E-state index in [-0.39, 0.29) is 5.78 Å². The van der Waals surface area contributed by atoms with Crippen LogP contribution >= 0.6 is 0 Å². The highest BCUT2D eigenvalue weighted by Crippen LogP contribution is 2.21. The largest absolute Gasteiger partial charge is 0.398 e. The monoisotopic (exact) mass is 295 g/mol. The summed E-state index contributed by atoms with van der Waals surface area (Å²) < 4.78 is 2.02. The van der Waals surface area contributed by atoms with Crippen LogP contribution in [0.5, 0.6) is 0 Å². The van der Waals surface area contributed by atoms with Crippen molar-refractivity contribution < 1.29 is 4.79 Å². The van der Waals surface area contributed by atoms with Crippen molar-refractivity contribution in [2.45, 2.75) is 26.2 Å². The first-order valence-corrected chi connectivity index (χ1v) is 7.49. The van der Waals surface area contributed by atoms with Crippen molar-refractivity contribution in [2.24, 2.45) is 7.05 Å². The summed E-state index contributed by atoms with van der Waals surface area (Å²) in [6.45, 7) is 3.32. The maximum absolute atomic E-state index is 12.5. The predicted octanol–water partition coefficient (Wildman–Crippen LogP) is 1.88. The van der Waals surface area contributed by atoms with Crippen LogP contribution < -0.4 is 11.1 Å². The molecule has 5 heteroatoms. The summed E-state index contributed by atoms with van der Waals surface area (Å²) in [5.41, 5.74) is 10.8. The zero-order valence-corrected chi connectivity index (χ0v) is 13.2. The van der Waals surface area contributed by atoms with Gasteiger partial charge in [0, 0.05) is 31.4 Å². The smallest absolute Gasteiger partial charge is 0.183 e. The van der Waals surface area contributed by atoms with Crippen LogP contribution in [0, 0.1) is 0 Å². The molecule has 0 saturated carbocycles. The molecule has 0 bridgehead atoms. The SMILES string of the molecule is Cn1c(C(=O)Cc2ccccc2N)cc2c1CNCC2.[B]C. The van der Waals surface area contributed by atoms with E-state index in [0.29, 0.717) is 12.1 Å². The number of carbonyl (C=O) groups excluding carboxylic acids is 1. The van der Waals surface area contributed by atoms with E-state index in [9.17, 15) is 4.79 Å². The Labute approximate surface area is 133 Å². The van der Waals surface area contributed by atoms with E-state index < -0.39 is 0 Å². The third-order valence-corrected chi connectivity index (χ3v) is 4.00. The Morgan fingerprint density at radius 1 is 1.36 bits per heavy atom. The second-order valence-corrected chi connectivity index (χ2v) is 5.29. The minimum Gasteiger partial charge on any atom is -0.398 e. The molecular weight excluding hydrogens is 273 g/mol. The number of nitrogen functional groups attached to an aromatic ring is 1. The Hall–Kier alpha value is -2.01. The molecule has 1 aromatic heterocycles. The number of hydrogen-bond acceptors (Lipinski definition) is 3. The molecule has 0 atom stereocenters. The quantitative estimate of drug-likeness (QED) is 0.516.